The minimum Gasteiger partial charge on any atom is -0.550 e. The Hall–Kier alpha value is -2.24. The van der Waals surface area contributed by atoms with E-state index in [4.69, 9.17) is 32.7 Å². The Kier molecular flexibility index (Phi) is 18.0. The monoisotopic (exact) mass is 688 g/mol. The van der Waals surface area contributed by atoms with Crippen LogP contribution in [0.4, 0.5) is 9.59 Å². The SMILES string of the molecule is O=C(NCC1CCC(C(=O)[O-])CC1)OCc1cccc(Cl)c1.O=C(NCC1CCC(C(=O)[O-])CC1)OCc1cccc(Cl)c1.[Ca+2]. The van der Waals surface area contributed by atoms with E-state index in [1.54, 1.807) is 36.4 Å². The summed E-state index contributed by atoms with van der Waals surface area (Å²) in [5.41, 5.74) is 1.66. The number of carbonyl (C=O) groups excluding carboxylic acids is 4. The van der Waals surface area contributed by atoms with Crippen LogP contribution in [0, 0.1) is 23.7 Å². The van der Waals surface area contributed by atoms with Crippen LogP contribution in [-0.2, 0) is 32.3 Å². The Labute approximate surface area is 303 Å². The van der Waals surface area contributed by atoms with E-state index >= 15 is 0 Å². The number of alkyl carbamates (subject to hydrolysis) is 2. The normalized spacial score (nSPS) is 20.7. The molecule has 2 aliphatic rings. The van der Waals surface area contributed by atoms with Crippen LogP contribution in [0.25, 0.3) is 0 Å². The number of aliphatic carboxylic acids is 2. The van der Waals surface area contributed by atoms with Crippen molar-refractivity contribution < 1.29 is 38.9 Å². The van der Waals surface area contributed by atoms with Crippen molar-refractivity contribution in [2.24, 2.45) is 23.7 Å². The van der Waals surface area contributed by atoms with Gasteiger partial charge in [0.15, 0.2) is 0 Å². The van der Waals surface area contributed by atoms with Crippen LogP contribution in [0.1, 0.15) is 62.5 Å². The smallest absolute Gasteiger partial charge is 0.550 e. The molecule has 2 saturated carbocycles. The molecule has 10 nitrogen and oxygen atoms in total. The van der Waals surface area contributed by atoms with E-state index in [-0.39, 0.29) is 62.8 Å². The first-order valence-corrected chi connectivity index (χ1v) is 15.6. The predicted octanol–water partition coefficient (Wildman–Crippen LogP) is 3.86. The van der Waals surface area contributed by atoms with Crippen LogP contribution < -0.4 is 20.8 Å². The second kappa shape index (κ2) is 20.8. The molecule has 240 valence electrons. The predicted molar refractivity (Wildman–Crippen MR) is 166 cm³/mol. The van der Waals surface area contributed by atoms with Crippen molar-refractivity contribution in [1.82, 2.24) is 10.6 Å². The minimum atomic E-state index is -0.965. The van der Waals surface area contributed by atoms with Gasteiger partial charge in [-0.15, -0.1) is 0 Å². The minimum absolute atomic E-state index is 0. The zero-order valence-electron chi connectivity index (χ0n) is 25.1. The van der Waals surface area contributed by atoms with Crippen LogP contribution in [0.15, 0.2) is 48.5 Å². The summed E-state index contributed by atoms with van der Waals surface area (Å²) in [6.07, 6.45) is 4.67. The van der Waals surface area contributed by atoms with Crippen molar-refractivity contribution in [2.45, 2.75) is 64.6 Å². The number of halogens is 2. The molecule has 2 aromatic carbocycles. The molecule has 0 aromatic heterocycles. The molecule has 0 saturated heterocycles. The number of rotatable bonds is 10. The molecule has 0 atom stereocenters. The van der Waals surface area contributed by atoms with Crippen molar-refractivity contribution >= 4 is 85.1 Å². The van der Waals surface area contributed by atoms with Gasteiger partial charge in [0.05, 0.1) is 0 Å². The van der Waals surface area contributed by atoms with E-state index in [0.29, 0.717) is 60.7 Å². The van der Waals surface area contributed by atoms with Gasteiger partial charge in [0.1, 0.15) is 13.2 Å². The molecule has 4 rings (SSSR count). The third-order valence-electron chi connectivity index (χ3n) is 7.95. The molecule has 45 heavy (non-hydrogen) atoms. The van der Waals surface area contributed by atoms with Gasteiger partial charge in [-0.1, -0.05) is 47.5 Å². The summed E-state index contributed by atoms with van der Waals surface area (Å²) in [4.78, 5) is 44.8. The molecular formula is C32H38CaCl2N2O8. The number of benzene rings is 2. The summed E-state index contributed by atoms with van der Waals surface area (Å²) in [5.74, 6) is -2.01. The van der Waals surface area contributed by atoms with Gasteiger partial charge in [-0.3, -0.25) is 0 Å². The average molecular weight is 690 g/mol. The Morgan fingerprint density at radius 1 is 0.644 bits per heavy atom. The number of carboxylic acids is 2. The Morgan fingerprint density at radius 2 is 1.00 bits per heavy atom. The average Bonchev–Trinajstić information content (AvgIpc) is 3.01. The molecule has 13 heteroatoms. The fourth-order valence-corrected chi connectivity index (χ4v) is 5.74. The third-order valence-corrected chi connectivity index (χ3v) is 8.42. The van der Waals surface area contributed by atoms with Crippen LogP contribution in [0.5, 0.6) is 0 Å². The van der Waals surface area contributed by atoms with Crippen LogP contribution in [-0.4, -0.2) is 75.0 Å². The van der Waals surface area contributed by atoms with E-state index < -0.39 is 24.1 Å². The van der Waals surface area contributed by atoms with Crippen LogP contribution in [0.3, 0.4) is 0 Å². The molecule has 0 heterocycles. The number of amides is 2. The summed E-state index contributed by atoms with van der Waals surface area (Å²) in [5, 5.41) is 28.2. The van der Waals surface area contributed by atoms with Crippen molar-refractivity contribution in [2.75, 3.05) is 13.1 Å². The molecular weight excluding hydrogens is 651 g/mol. The molecule has 0 bridgehead atoms. The topological polar surface area (TPSA) is 157 Å². The van der Waals surface area contributed by atoms with Gasteiger partial charge in [0.25, 0.3) is 0 Å². The van der Waals surface area contributed by atoms with Gasteiger partial charge in [0.2, 0.25) is 0 Å². The van der Waals surface area contributed by atoms with Crippen LogP contribution in [0.2, 0.25) is 10.0 Å². The molecule has 2 fully saturated rings. The molecule has 0 unspecified atom stereocenters. The first kappa shape index (κ1) is 38.9. The zero-order chi connectivity index (χ0) is 31.9. The Morgan fingerprint density at radius 3 is 1.31 bits per heavy atom. The summed E-state index contributed by atoms with van der Waals surface area (Å²) >= 11 is 11.7. The van der Waals surface area contributed by atoms with Crippen LogP contribution >= 0.6 is 23.2 Å². The van der Waals surface area contributed by atoms with Crippen molar-refractivity contribution in [3.8, 4) is 0 Å². The molecule has 0 spiro atoms. The molecule has 2 aromatic rings. The number of hydrogen-bond acceptors (Lipinski definition) is 8. The number of nitrogens with one attached hydrogen (secondary N) is 2. The Balaban J connectivity index is 0.000000307. The largest absolute Gasteiger partial charge is 2.00 e. The van der Waals surface area contributed by atoms with Gasteiger partial charge >= 0.3 is 49.9 Å². The zero-order valence-corrected chi connectivity index (χ0v) is 28.9. The third kappa shape index (κ3) is 15.3. The maximum absolute atomic E-state index is 11.6. The van der Waals surface area contributed by atoms with Gasteiger partial charge < -0.3 is 39.9 Å². The van der Waals surface area contributed by atoms with Gasteiger partial charge in [0, 0.05) is 35.1 Å². The number of carbonyl (C=O) groups is 4. The van der Waals surface area contributed by atoms with Crippen molar-refractivity contribution in [1.29, 1.82) is 0 Å². The quantitative estimate of drug-likeness (QED) is 0.356. The molecule has 0 radical (unpaired) electrons. The number of ether oxygens (including phenoxy) is 2. The molecule has 2 N–H and O–H groups in total. The fraction of sp³-hybridized carbons (Fsp3) is 0.500. The summed E-state index contributed by atoms with van der Waals surface area (Å²) in [6, 6.07) is 14.3. The fourth-order valence-electron chi connectivity index (χ4n) is 5.31. The second-order valence-corrected chi connectivity index (χ2v) is 12.1. The van der Waals surface area contributed by atoms with Crippen molar-refractivity contribution in [3.63, 3.8) is 0 Å². The summed E-state index contributed by atoms with van der Waals surface area (Å²) in [6.45, 7) is 1.36. The maximum atomic E-state index is 11.6. The number of carboxylic acid groups (broad SMARTS) is 2. The second-order valence-electron chi connectivity index (χ2n) is 11.2. The first-order valence-electron chi connectivity index (χ1n) is 14.8. The standard InChI is InChI=1S/2C16H20ClNO4.Ca/c2*17-14-3-1-2-12(8-14)10-22-16(21)18-9-11-4-6-13(7-5-11)15(19)20;/h2*1-3,8,11,13H,4-7,9-10H2,(H,18,21)(H,19,20);/q;;+2/p-2. The summed E-state index contributed by atoms with van der Waals surface area (Å²) < 4.78 is 10.2. The summed E-state index contributed by atoms with van der Waals surface area (Å²) in [7, 11) is 0. The molecule has 0 aliphatic heterocycles. The first-order chi connectivity index (χ1) is 21.1. The van der Waals surface area contributed by atoms with E-state index in [2.05, 4.69) is 10.6 Å². The van der Waals surface area contributed by atoms with Gasteiger partial charge in [-0.05, 0) is 110 Å². The Bertz CT molecular complexity index is 1160. The molecule has 2 aliphatic carbocycles. The van der Waals surface area contributed by atoms with E-state index in [9.17, 15) is 29.4 Å². The van der Waals surface area contributed by atoms with E-state index in [0.717, 1.165) is 36.8 Å². The maximum Gasteiger partial charge on any atom is 2.00 e. The number of hydrogen-bond donors (Lipinski definition) is 2. The van der Waals surface area contributed by atoms with E-state index in [1.807, 2.05) is 12.1 Å². The van der Waals surface area contributed by atoms with Crippen molar-refractivity contribution in [3.05, 3.63) is 69.7 Å². The van der Waals surface area contributed by atoms with E-state index in [1.165, 1.54) is 0 Å². The molecule has 2 amide bonds. The van der Waals surface area contributed by atoms with Gasteiger partial charge in [-0.2, -0.15) is 0 Å². The van der Waals surface area contributed by atoms with Gasteiger partial charge in [-0.25, -0.2) is 9.59 Å².